The first-order valence-corrected chi connectivity index (χ1v) is 8.46. The molecule has 0 aliphatic carbocycles. The Hall–Kier alpha value is -2.01. The summed E-state index contributed by atoms with van der Waals surface area (Å²) in [5, 5.41) is 0.387. The molecule has 0 heterocycles. The van der Waals surface area contributed by atoms with Crippen LogP contribution < -0.4 is 4.72 Å². The molecule has 0 atom stereocenters. The van der Waals surface area contributed by atoms with E-state index in [1.54, 1.807) is 0 Å². The summed E-state index contributed by atoms with van der Waals surface area (Å²) in [4.78, 5) is -0.00982. The molecule has 0 fully saturated rings. The van der Waals surface area contributed by atoms with E-state index in [-0.39, 0.29) is 17.0 Å². The van der Waals surface area contributed by atoms with Gasteiger partial charge in [0.1, 0.15) is 0 Å². The topological polar surface area (TPSA) is 46.2 Å². The molecular formula is C16H11ClF3NO2S. The van der Waals surface area contributed by atoms with E-state index in [0.29, 0.717) is 5.02 Å². The average Bonchev–Trinajstić information content (AvgIpc) is 2.51. The van der Waals surface area contributed by atoms with Crippen LogP contribution in [0.25, 0.3) is 0 Å². The van der Waals surface area contributed by atoms with Crippen LogP contribution in [0.2, 0.25) is 5.02 Å². The van der Waals surface area contributed by atoms with Crippen molar-refractivity contribution < 1.29 is 21.6 Å². The Balaban J connectivity index is 2.11. The Morgan fingerprint density at radius 2 is 1.67 bits per heavy atom. The second kappa shape index (κ2) is 7.26. The van der Waals surface area contributed by atoms with E-state index < -0.39 is 21.8 Å². The van der Waals surface area contributed by atoms with Crippen molar-refractivity contribution in [1.82, 2.24) is 4.72 Å². The summed E-state index contributed by atoms with van der Waals surface area (Å²) in [6.07, 6.45) is -4.52. The van der Waals surface area contributed by atoms with Crippen LogP contribution in [-0.4, -0.2) is 15.0 Å². The maximum Gasteiger partial charge on any atom is 0.417 e. The predicted octanol–water partition coefficient (Wildman–Crippen LogP) is 3.69. The molecule has 0 unspecified atom stereocenters. The Kier molecular flexibility index (Phi) is 5.54. The van der Waals surface area contributed by atoms with E-state index in [0.717, 1.165) is 6.07 Å². The van der Waals surface area contributed by atoms with Crippen molar-refractivity contribution in [2.75, 3.05) is 6.54 Å². The number of hydrogen-bond acceptors (Lipinski definition) is 2. The van der Waals surface area contributed by atoms with Gasteiger partial charge in [-0.2, -0.15) is 17.9 Å². The van der Waals surface area contributed by atoms with Gasteiger partial charge >= 0.3 is 6.18 Å². The molecular weight excluding hydrogens is 363 g/mol. The third-order valence-electron chi connectivity index (χ3n) is 2.93. The molecule has 2 rings (SSSR count). The van der Waals surface area contributed by atoms with Gasteiger partial charge in [-0.1, -0.05) is 35.6 Å². The van der Waals surface area contributed by atoms with Crippen molar-refractivity contribution in [1.29, 1.82) is 0 Å². The molecule has 0 aliphatic heterocycles. The van der Waals surface area contributed by atoms with E-state index in [4.69, 9.17) is 11.6 Å². The lowest BCUT2D eigenvalue weighted by molar-refractivity contribution is -0.137. The predicted molar refractivity (Wildman–Crippen MR) is 85.0 cm³/mol. The molecule has 0 aromatic heterocycles. The van der Waals surface area contributed by atoms with Gasteiger partial charge in [0.15, 0.2) is 0 Å². The van der Waals surface area contributed by atoms with Gasteiger partial charge in [-0.15, -0.1) is 0 Å². The molecule has 2 aromatic rings. The maximum atomic E-state index is 12.8. The largest absolute Gasteiger partial charge is 0.417 e. The fourth-order valence-electron chi connectivity index (χ4n) is 1.81. The van der Waals surface area contributed by atoms with Gasteiger partial charge in [-0.3, -0.25) is 0 Å². The highest BCUT2D eigenvalue weighted by atomic mass is 35.5. The molecule has 0 aliphatic rings. The zero-order chi connectivity index (χ0) is 17.8. The molecule has 0 amide bonds. The number of hydrogen-bond donors (Lipinski definition) is 1. The standard InChI is InChI=1S/C16H11ClF3NO2S/c17-13-7-9-14(10-8-13)24(22,23)21-11-3-5-12-4-1-2-6-15(12)16(18,19)20/h1-2,4,6-10,21H,11H2. The number of nitrogens with one attached hydrogen (secondary N) is 1. The normalized spacial score (nSPS) is 11.7. The number of halogens is 4. The van der Waals surface area contributed by atoms with Crippen molar-refractivity contribution in [3.8, 4) is 11.8 Å². The van der Waals surface area contributed by atoms with Crippen LogP contribution in [0.1, 0.15) is 11.1 Å². The number of alkyl halides is 3. The first-order chi connectivity index (χ1) is 11.2. The fraction of sp³-hybridized carbons (Fsp3) is 0.125. The van der Waals surface area contributed by atoms with Crippen LogP contribution in [0.4, 0.5) is 13.2 Å². The summed E-state index contributed by atoms with van der Waals surface area (Å²) < 4.78 is 64.6. The van der Waals surface area contributed by atoms with E-state index in [9.17, 15) is 21.6 Å². The van der Waals surface area contributed by atoms with Crippen LogP contribution in [0, 0.1) is 11.8 Å². The molecule has 1 N–H and O–H groups in total. The van der Waals surface area contributed by atoms with Crippen LogP contribution in [0.15, 0.2) is 53.4 Å². The third kappa shape index (κ3) is 4.74. The maximum absolute atomic E-state index is 12.8. The van der Waals surface area contributed by atoms with E-state index >= 15 is 0 Å². The van der Waals surface area contributed by atoms with Gasteiger partial charge < -0.3 is 0 Å². The molecule has 8 heteroatoms. The number of sulfonamides is 1. The summed E-state index contributed by atoms with van der Waals surface area (Å²) in [5.41, 5.74) is -1.08. The Bertz CT molecular complexity index is 882. The second-order valence-corrected chi connectivity index (χ2v) is 6.83. The minimum Gasteiger partial charge on any atom is -0.207 e. The first-order valence-electron chi connectivity index (χ1n) is 6.60. The van der Waals surface area contributed by atoms with Crippen molar-refractivity contribution in [3.63, 3.8) is 0 Å². The summed E-state index contributed by atoms with van der Waals surface area (Å²) >= 11 is 5.68. The van der Waals surface area contributed by atoms with Crippen LogP contribution in [0.3, 0.4) is 0 Å². The lowest BCUT2D eigenvalue weighted by atomic mass is 10.1. The van der Waals surface area contributed by atoms with Gasteiger partial charge in [0.2, 0.25) is 10.0 Å². The molecule has 0 radical (unpaired) electrons. The summed E-state index contributed by atoms with van der Waals surface area (Å²) in [6, 6.07) is 10.3. The van der Waals surface area contributed by atoms with E-state index in [1.807, 2.05) is 0 Å². The zero-order valence-electron chi connectivity index (χ0n) is 12.1. The van der Waals surface area contributed by atoms with Gasteiger partial charge in [-0.05, 0) is 36.4 Å². The van der Waals surface area contributed by atoms with Gasteiger partial charge in [0, 0.05) is 10.6 Å². The highest BCUT2D eigenvalue weighted by Crippen LogP contribution is 2.31. The molecule has 0 spiro atoms. The average molecular weight is 374 g/mol. The number of benzene rings is 2. The van der Waals surface area contributed by atoms with Crippen LogP contribution in [-0.2, 0) is 16.2 Å². The Morgan fingerprint density at radius 1 is 1.04 bits per heavy atom. The fourth-order valence-corrected chi connectivity index (χ4v) is 2.86. The molecule has 3 nitrogen and oxygen atoms in total. The minimum absolute atomic E-state index is 0.00982. The van der Waals surface area contributed by atoms with Gasteiger partial charge in [0.25, 0.3) is 0 Å². The first kappa shape index (κ1) is 18.3. The summed E-state index contributed by atoms with van der Waals surface area (Å²) in [6.45, 7) is -0.322. The highest BCUT2D eigenvalue weighted by molar-refractivity contribution is 7.89. The molecule has 0 bridgehead atoms. The van der Waals surface area contributed by atoms with Crippen LogP contribution in [0.5, 0.6) is 0 Å². The Morgan fingerprint density at radius 3 is 2.29 bits per heavy atom. The monoisotopic (exact) mass is 373 g/mol. The minimum atomic E-state index is -4.52. The zero-order valence-corrected chi connectivity index (χ0v) is 13.6. The second-order valence-electron chi connectivity index (χ2n) is 4.62. The highest BCUT2D eigenvalue weighted by Gasteiger charge is 2.32. The van der Waals surface area contributed by atoms with E-state index in [2.05, 4.69) is 16.6 Å². The quantitative estimate of drug-likeness (QED) is 0.834. The number of rotatable bonds is 3. The van der Waals surface area contributed by atoms with Crippen molar-refractivity contribution in [3.05, 3.63) is 64.7 Å². The SMILES string of the molecule is O=S(=O)(NCC#Cc1ccccc1C(F)(F)F)c1ccc(Cl)cc1. The van der Waals surface area contributed by atoms with Gasteiger partial charge in [0.05, 0.1) is 17.0 Å². The van der Waals surface area contributed by atoms with Crippen molar-refractivity contribution in [2.45, 2.75) is 11.1 Å². The molecule has 0 saturated carbocycles. The Labute approximate surface area is 142 Å². The molecule has 2 aromatic carbocycles. The molecule has 0 saturated heterocycles. The molecule has 24 heavy (non-hydrogen) atoms. The molecule has 126 valence electrons. The van der Waals surface area contributed by atoms with Crippen molar-refractivity contribution in [2.24, 2.45) is 0 Å². The van der Waals surface area contributed by atoms with Crippen molar-refractivity contribution >= 4 is 21.6 Å². The lowest BCUT2D eigenvalue weighted by Crippen LogP contribution is -2.23. The summed E-state index contributed by atoms with van der Waals surface area (Å²) in [5.74, 6) is 4.72. The lowest BCUT2D eigenvalue weighted by Gasteiger charge is -2.08. The van der Waals surface area contributed by atoms with Crippen LogP contribution >= 0.6 is 11.6 Å². The smallest absolute Gasteiger partial charge is 0.207 e. The van der Waals surface area contributed by atoms with E-state index in [1.165, 1.54) is 42.5 Å². The summed E-state index contributed by atoms with van der Waals surface area (Å²) in [7, 11) is -3.80. The van der Waals surface area contributed by atoms with Gasteiger partial charge in [-0.25, -0.2) is 8.42 Å². The third-order valence-corrected chi connectivity index (χ3v) is 4.60.